The highest BCUT2D eigenvalue weighted by Crippen LogP contribution is 2.11. The first-order valence-electron chi connectivity index (χ1n) is 7.00. The molecule has 1 heteroatoms. The van der Waals surface area contributed by atoms with Gasteiger partial charge >= 0.3 is 0 Å². The Morgan fingerprint density at radius 3 is 1.38 bits per heavy atom. The van der Waals surface area contributed by atoms with Gasteiger partial charge in [-0.15, -0.1) is 12.3 Å². The number of hydrogen-bond donors (Lipinski definition) is 0. The van der Waals surface area contributed by atoms with Crippen molar-refractivity contribution in [2.45, 2.75) is 77.0 Å². The summed E-state index contributed by atoms with van der Waals surface area (Å²) in [5, 5.41) is 0. The van der Waals surface area contributed by atoms with Crippen LogP contribution in [0.5, 0.6) is 0 Å². The van der Waals surface area contributed by atoms with Crippen LogP contribution in [0.25, 0.3) is 0 Å². The van der Waals surface area contributed by atoms with Crippen LogP contribution in [0.4, 0.5) is 0 Å². The number of nitrogens with one attached hydrogen (secondary N) is 1. The average Bonchev–Trinajstić information content (AvgIpc) is 2.31. The van der Waals surface area contributed by atoms with Crippen LogP contribution in [-0.2, 0) is 0 Å². The topological polar surface area (TPSA) is 23.8 Å². The Bertz CT molecular complexity index is 157. The van der Waals surface area contributed by atoms with Gasteiger partial charge < -0.3 is 0 Å². The minimum Gasteiger partial charge on any atom is -0.258 e. The van der Waals surface area contributed by atoms with Gasteiger partial charge in [0.1, 0.15) is 0 Å². The van der Waals surface area contributed by atoms with E-state index in [2.05, 4.69) is 5.92 Å². The SMILES string of the molecule is C#CCCCCCCCCCCCCC[NH]. The Kier molecular flexibility index (Phi) is 14.1. The van der Waals surface area contributed by atoms with Gasteiger partial charge in [-0.2, -0.15) is 0 Å². The summed E-state index contributed by atoms with van der Waals surface area (Å²) in [6, 6.07) is 0. The fourth-order valence-electron chi connectivity index (χ4n) is 1.94. The molecule has 1 N–H and O–H groups in total. The van der Waals surface area contributed by atoms with Gasteiger partial charge in [0.05, 0.1) is 0 Å². The molecule has 0 amide bonds. The van der Waals surface area contributed by atoms with E-state index in [1.165, 1.54) is 64.2 Å². The molecule has 0 aliphatic heterocycles. The molecule has 0 saturated heterocycles. The minimum atomic E-state index is 0.609. The van der Waals surface area contributed by atoms with E-state index in [0.29, 0.717) is 6.54 Å². The third-order valence-electron chi connectivity index (χ3n) is 3.00. The van der Waals surface area contributed by atoms with Crippen LogP contribution in [0.3, 0.4) is 0 Å². The van der Waals surface area contributed by atoms with Crippen molar-refractivity contribution >= 4 is 0 Å². The van der Waals surface area contributed by atoms with Crippen molar-refractivity contribution in [2.24, 2.45) is 0 Å². The Morgan fingerprint density at radius 2 is 1.00 bits per heavy atom. The van der Waals surface area contributed by atoms with Gasteiger partial charge in [0.25, 0.3) is 0 Å². The molecule has 0 unspecified atom stereocenters. The second-order valence-electron chi connectivity index (χ2n) is 4.59. The van der Waals surface area contributed by atoms with Crippen LogP contribution in [0.15, 0.2) is 0 Å². The molecule has 0 aromatic carbocycles. The smallest absolute Gasteiger partial charge is 0.00997 e. The van der Waals surface area contributed by atoms with Crippen LogP contribution < -0.4 is 5.73 Å². The highest BCUT2D eigenvalue weighted by Gasteiger charge is 1.92. The highest BCUT2D eigenvalue weighted by molar-refractivity contribution is 4.82. The normalized spacial score (nSPS) is 10.2. The monoisotopic (exact) mass is 222 g/mol. The van der Waals surface area contributed by atoms with Crippen LogP contribution in [-0.4, -0.2) is 6.54 Å². The van der Waals surface area contributed by atoms with E-state index in [4.69, 9.17) is 12.2 Å². The van der Waals surface area contributed by atoms with Gasteiger partial charge in [-0.1, -0.05) is 57.8 Å². The quantitative estimate of drug-likeness (QED) is 0.341. The van der Waals surface area contributed by atoms with Crippen molar-refractivity contribution in [3.63, 3.8) is 0 Å². The number of terminal acetylenes is 1. The Hall–Kier alpha value is -0.480. The van der Waals surface area contributed by atoms with Crippen LogP contribution in [0.2, 0.25) is 0 Å². The molecule has 0 atom stereocenters. The highest BCUT2D eigenvalue weighted by atomic mass is 14.5. The third-order valence-corrected chi connectivity index (χ3v) is 3.00. The molecule has 16 heavy (non-hydrogen) atoms. The molecule has 93 valence electrons. The summed E-state index contributed by atoms with van der Waals surface area (Å²) in [6.07, 6.45) is 20.7. The van der Waals surface area contributed by atoms with Gasteiger partial charge in [0.15, 0.2) is 0 Å². The lowest BCUT2D eigenvalue weighted by molar-refractivity contribution is 0.547. The zero-order valence-electron chi connectivity index (χ0n) is 10.8. The summed E-state index contributed by atoms with van der Waals surface area (Å²) in [6.45, 7) is 0.609. The predicted octanol–water partition coefficient (Wildman–Crippen LogP) is 4.58. The summed E-state index contributed by atoms with van der Waals surface area (Å²) >= 11 is 0. The molecule has 0 fully saturated rings. The van der Waals surface area contributed by atoms with Gasteiger partial charge in [-0.05, 0) is 12.8 Å². The maximum Gasteiger partial charge on any atom is 0.00997 e. The van der Waals surface area contributed by atoms with Crippen molar-refractivity contribution < 1.29 is 0 Å². The van der Waals surface area contributed by atoms with Crippen LogP contribution in [0.1, 0.15) is 77.0 Å². The van der Waals surface area contributed by atoms with Crippen molar-refractivity contribution in [3.8, 4) is 12.3 Å². The second kappa shape index (κ2) is 14.5. The van der Waals surface area contributed by atoms with Gasteiger partial charge in [0, 0.05) is 13.0 Å². The molecule has 0 rings (SSSR count). The fourth-order valence-corrected chi connectivity index (χ4v) is 1.94. The first-order valence-corrected chi connectivity index (χ1v) is 7.00. The van der Waals surface area contributed by atoms with Crippen molar-refractivity contribution in [2.75, 3.05) is 6.54 Å². The van der Waals surface area contributed by atoms with E-state index in [9.17, 15) is 0 Å². The van der Waals surface area contributed by atoms with E-state index < -0.39 is 0 Å². The van der Waals surface area contributed by atoms with Gasteiger partial charge in [-0.3, -0.25) is 5.73 Å². The first-order chi connectivity index (χ1) is 7.91. The zero-order chi connectivity index (χ0) is 11.9. The maximum absolute atomic E-state index is 7.03. The van der Waals surface area contributed by atoms with Crippen molar-refractivity contribution in [1.29, 1.82) is 0 Å². The van der Waals surface area contributed by atoms with Crippen LogP contribution in [0, 0.1) is 12.3 Å². The summed E-state index contributed by atoms with van der Waals surface area (Å²) in [4.78, 5) is 0. The summed E-state index contributed by atoms with van der Waals surface area (Å²) in [7, 11) is 0. The Balaban J connectivity index is 2.86. The molecule has 0 bridgehead atoms. The summed E-state index contributed by atoms with van der Waals surface area (Å²) in [5.74, 6) is 2.69. The average molecular weight is 222 g/mol. The van der Waals surface area contributed by atoms with E-state index in [0.717, 1.165) is 12.8 Å². The molecule has 0 aliphatic carbocycles. The van der Waals surface area contributed by atoms with Crippen molar-refractivity contribution in [3.05, 3.63) is 0 Å². The first kappa shape index (κ1) is 15.5. The lowest BCUT2D eigenvalue weighted by atomic mass is 10.1. The van der Waals surface area contributed by atoms with Gasteiger partial charge in [0.2, 0.25) is 0 Å². The largest absolute Gasteiger partial charge is 0.258 e. The molecule has 0 aliphatic rings. The number of rotatable bonds is 12. The lowest BCUT2D eigenvalue weighted by Gasteiger charge is -2.01. The molecular weight excluding hydrogens is 194 g/mol. The number of hydrogen-bond acceptors (Lipinski definition) is 0. The second-order valence-corrected chi connectivity index (χ2v) is 4.59. The Morgan fingerprint density at radius 1 is 0.625 bits per heavy atom. The van der Waals surface area contributed by atoms with Gasteiger partial charge in [-0.25, -0.2) is 0 Å². The molecule has 1 radical (unpaired) electrons. The van der Waals surface area contributed by atoms with E-state index in [1.54, 1.807) is 0 Å². The predicted molar refractivity (Wildman–Crippen MR) is 72.2 cm³/mol. The fraction of sp³-hybridized carbons (Fsp3) is 0.867. The van der Waals surface area contributed by atoms with E-state index in [-0.39, 0.29) is 0 Å². The molecular formula is C15H28N. The van der Waals surface area contributed by atoms with Crippen molar-refractivity contribution in [1.82, 2.24) is 5.73 Å². The molecule has 0 spiro atoms. The summed E-state index contributed by atoms with van der Waals surface area (Å²) < 4.78 is 0. The standard InChI is InChI=1S/C15H28N/c1-2-3-4-5-6-7-8-9-10-11-12-13-14-15-16/h1,16H,3-15H2. The maximum atomic E-state index is 7.03. The summed E-state index contributed by atoms with van der Waals surface area (Å²) in [5.41, 5.74) is 7.03. The minimum absolute atomic E-state index is 0.609. The molecule has 0 saturated carbocycles. The number of unbranched alkanes of at least 4 members (excludes halogenated alkanes) is 11. The molecule has 0 heterocycles. The molecule has 1 nitrogen and oxygen atoms in total. The molecule has 0 aromatic rings. The zero-order valence-corrected chi connectivity index (χ0v) is 10.8. The molecule has 0 aromatic heterocycles. The van der Waals surface area contributed by atoms with E-state index in [1.807, 2.05) is 0 Å². The Labute approximate surface area is 102 Å². The third kappa shape index (κ3) is 13.5. The van der Waals surface area contributed by atoms with Crippen LogP contribution >= 0.6 is 0 Å². The lowest BCUT2D eigenvalue weighted by Crippen LogP contribution is -1.86. The van der Waals surface area contributed by atoms with E-state index >= 15 is 0 Å².